The Bertz CT molecular complexity index is 982. The molecule has 4 aliphatic carbocycles. The van der Waals surface area contributed by atoms with Gasteiger partial charge in [-0.3, -0.25) is 0 Å². The molecule has 212 valence electrons. The molecule has 2 nitrogen and oxygen atoms in total. The largest absolute Gasteiger partial charge is 0.459 e. The van der Waals surface area contributed by atoms with Crippen molar-refractivity contribution in [2.45, 2.75) is 121 Å². The van der Waals surface area contributed by atoms with E-state index in [2.05, 4.69) is 50.5 Å². The Balaban J connectivity index is 1.29. The predicted molar refractivity (Wildman–Crippen MR) is 162 cm³/mol. The molecule has 0 aromatic heterocycles. The van der Waals surface area contributed by atoms with E-state index in [1.54, 1.807) is 0 Å². The smallest absolute Gasteiger partial charge is 0.338 e. The molecule has 4 heteroatoms. The average Bonchev–Trinajstić information content (AvgIpc) is 3.23. The molecular formula is C34H50BrClO2. The minimum atomic E-state index is -0.206. The first-order chi connectivity index (χ1) is 18.0. The molecule has 1 aromatic carbocycles. The predicted octanol–water partition coefficient (Wildman–Crippen LogP) is 10.1. The Hall–Kier alpha value is -0.540. The molecule has 4 fully saturated rings. The van der Waals surface area contributed by atoms with Crippen molar-refractivity contribution in [1.82, 2.24) is 0 Å². The molecule has 0 unspecified atom stereocenters. The maximum absolute atomic E-state index is 12.8. The maximum Gasteiger partial charge on any atom is 0.338 e. The Kier molecular flexibility index (Phi) is 8.41. The van der Waals surface area contributed by atoms with Gasteiger partial charge in [0.05, 0.1) is 9.89 Å². The molecule has 5 rings (SSSR count). The molecule has 0 N–H and O–H groups in total. The summed E-state index contributed by atoms with van der Waals surface area (Å²) in [6.45, 7) is 12.4. The van der Waals surface area contributed by atoms with Crippen LogP contribution in [0, 0.1) is 46.3 Å². The van der Waals surface area contributed by atoms with E-state index in [-0.39, 0.29) is 27.2 Å². The molecule has 1 aromatic rings. The number of halogens is 2. The Morgan fingerprint density at radius 3 is 2.47 bits per heavy atom. The van der Waals surface area contributed by atoms with Crippen molar-refractivity contribution in [3.63, 3.8) is 0 Å². The molecule has 0 radical (unpaired) electrons. The van der Waals surface area contributed by atoms with E-state index in [4.69, 9.17) is 16.3 Å². The van der Waals surface area contributed by atoms with Crippen LogP contribution >= 0.6 is 27.5 Å². The lowest BCUT2D eigenvalue weighted by Gasteiger charge is -2.65. The third-order valence-corrected chi connectivity index (χ3v) is 14.8. The zero-order valence-electron chi connectivity index (χ0n) is 24.4. The number of hydrogen-bond acceptors (Lipinski definition) is 2. The van der Waals surface area contributed by atoms with Gasteiger partial charge >= 0.3 is 5.97 Å². The van der Waals surface area contributed by atoms with Crippen molar-refractivity contribution in [2.75, 3.05) is 0 Å². The minimum absolute atomic E-state index is 0.0665. The van der Waals surface area contributed by atoms with Crippen molar-refractivity contribution in [1.29, 1.82) is 0 Å². The highest BCUT2D eigenvalue weighted by Gasteiger charge is 2.67. The van der Waals surface area contributed by atoms with E-state index >= 15 is 0 Å². The van der Waals surface area contributed by atoms with Gasteiger partial charge in [-0.15, -0.1) is 11.6 Å². The van der Waals surface area contributed by atoms with Crippen LogP contribution in [0.25, 0.3) is 0 Å². The first-order valence-electron chi connectivity index (χ1n) is 15.6. The third kappa shape index (κ3) is 4.93. The van der Waals surface area contributed by atoms with E-state index in [1.807, 2.05) is 30.3 Å². The summed E-state index contributed by atoms with van der Waals surface area (Å²) in [5.41, 5.74) is 1.25. The molecule has 4 saturated carbocycles. The number of ether oxygens (including phenoxy) is 1. The van der Waals surface area contributed by atoms with Crippen LogP contribution in [-0.2, 0) is 4.74 Å². The second-order valence-electron chi connectivity index (χ2n) is 14.5. The van der Waals surface area contributed by atoms with Crippen molar-refractivity contribution in [3.8, 4) is 0 Å². The average molecular weight is 606 g/mol. The van der Waals surface area contributed by atoms with Gasteiger partial charge in [-0.2, -0.15) is 0 Å². The first kappa shape index (κ1) is 29.0. The Labute approximate surface area is 245 Å². The lowest BCUT2D eigenvalue weighted by atomic mass is 9.44. The van der Waals surface area contributed by atoms with Crippen LogP contribution in [0.5, 0.6) is 0 Å². The van der Waals surface area contributed by atoms with E-state index in [1.165, 1.54) is 44.9 Å². The lowest BCUT2D eigenvalue weighted by molar-refractivity contribution is -0.114. The van der Waals surface area contributed by atoms with Crippen molar-refractivity contribution in [3.05, 3.63) is 35.9 Å². The lowest BCUT2D eigenvalue weighted by Crippen LogP contribution is -2.64. The summed E-state index contributed by atoms with van der Waals surface area (Å²) >= 11 is 11.7. The number of hydrogen-bond donors (Lipinski definition) is 0. The Morgan fingerprint density at radius 2 is 1.76 bits per heavy atom. The van der Waals surface area contributed by atoms with Crippen LogP contribution in [0.1, 0.15) is 116 Å². The van der Waals surface area contributed by atoms with Gasteiger partial charge in [-0.25, -0.2) is 4.79 Å². The highest BCUT2D eigenvalue weighted by Crippen LogP contribution is 2.71. The van der Waals surface area contributed by atoms with Crippen LogP contribution in [0.3, 0.4) is 0 Å². The molecular weight excluding hydrogens is 556 g/mol. The second kappa shape index (κ2) is 11.0. The minimum Gasteiger partial charge on any atom is -0.459 e. The third-order valence-electron chi connectivity index (χ3n) is 12.2. The van der Waals surface area contributed by atoms with E-state index < -0.39 is 0 Å². The van der Waals surface area contributed by atoms with Crippen LogP contribution in [0.4, 0.5) is 0 Å². The number of fused-ring (bicyclic) bond motifs is 5. The summed E-state index contributed by atoms with van der Waals surface area (Å²) in [7, 11) is 0. The van der Waals surface area contributed by atoms with Gasteiger partial charge in [0.2, 0.25) is 0 Å². The SMILES string of the molecule is CC(C)CCC[C@@H](C)[C@H]1CC[C@H]2[C@@H]3C[C@@H](Cl)[C@@]4(Br)C[C@@H](OC(=O)c5ccccc5)CC[C@]4(C)[C@H]3CC[C@]12C. The second-order valence-corrected chi connectivity index (χ2v) is 16.5. The number of benzene rings is 1. The van der Waals surface area contributed by atoms with Gasteiger partial charge in [-0.1, -0.05) is 88.0 Å². The fourth-order valence-electron chi connectivity index (χ4n) is 10.1. The van der Waals surface area contributed by atoms with E-state index in [9.17, 15) is 4.79 Å². The monoisotopic (exact) mass is 604 g/mol. The zero-order chi connectivity index (χ0) is 27.3. The van der Waals surface area contributed by atoms with E-state index in [0.717, 1.165) is 55.3 Å². The van der Waals surface area contributed by atoms with Crippen molar-refractivity contribution < 1.29 is 9.53 Å². The molecule has 0 bridgehead atoms. The summed E-state index contributed by atoms with van der Waals surface area (Å²) < 4.78 is 5.88. The number of carbonyl (C=O) groups is 1. The van der Waals surface area contributed by atoms with Crippen LogP contribution in [0.15, 0.2) is 30.3 Å². The topological polar surface area (TPSA) is 26.3 Å². The van der Waals surface area contributed by atoms with Gasteiger partial charge in [-0.05, 0) is 103 Å². The van der Waals surface area contributed by atoms with Crippen LogP contribution in [-0.4, -0.2) is 21.8 Å². The molecule has 4 aliphatic rings. The Morgan fingerprint density at radius 1 is 1.03 bits per heavy atom. The number of rotatable bonds is 7. The van der Waals surface area contributed by atoms with Gasteiger partial charge in [0.1, 0.15) is 6.10 Å². The fourth-order valence-corrected chi connectivity index (χ4v) is 11.7. The summed E-state index contributed by atoms with van der Waals surface area (Å²) in [6, 6.07) is 9.41. The molecule has 0 aliphatic heterocycles. The highest BCUT2D eigenvalue weighted by atomic mass is 79.9. The number of esters is 1. The summed E-state index contributed by atoms with van der Waals surface area (Å²) in [6.07, 6.45) is 13.5. The molecule has 0 heterocycles. The standard InChI is InChI=1S/C34H50BrClO2/c1-22(2)10-9-11-23(3)27-14-15-28-26-20-30(36)34(35)21-25(38-31(37)24-12-7-6-8-13-24)16-19-33(34,5)29(26)17-18-32(27,28)4/h6-8,12-13,22-23,25-30H,9-11,14-21H2,1-5H3/t23-,25+,26+,27-,28+,29+,30-,32-,33-,34+/m1/s1. The van der Waals surface area contributed by atoms with Crippen LogP contribution in [0.2, 0.25) is 0 Å². The van der Waals surface area contributed by atoms with Crippen molar-refractivity contribution in [2.24, 2.45) is 46.3 Å². The maximum atomic E-state index is 12.8. The first-order valence-corrected chi connectivity index (χ1v) is 16.8. The number of carbonyl (C=O) groups excluding carboxylic acids is 1. The number of alkyl halides is 2. The summed E-state index contributed by atoms with van der Waals surface area (Å²) in [5, 5.41) is 0.0665. The molecule has 10 atom stereocenters. The summed E-state index contributed by atoms with van der Waals surface area (Å²) in [5.74, 6) is 4.54. The molecule has 0 amide bonds. The molecule has 0 spiro atoms. The molecule has 0 saturated heterocycles. The van der Waals surface area contributed by atoms with Gasteiger partial charge in [0.15, 0.2) is 0 Å². The fraction of sp³-hybridized carbons (Fsp3) is 0.794. The quantitative estimate of drug-likeness (QED) is 0.228. The van der Waals surface area contributed by atoms with Gasteiger partial charge in [0.25, 0.3) is 0 Å². The van der Waals surface area contributed by atoms with Gasteiger partial charge in [0, 0.05) is 11.8 Å². The normalized spacial score (nSPS) is 43.2. The zero-order valence-corrected chi connectivity index (χ0v) is 26.7. The van der Waals surface area contributed by atoms with E-state index in [0.29, 0.717) is 16.9 Å². The van der Waals surface area contributed by atoms with Crippen molar-refractivity contribution >= 4 is 33.5 Å². The van der Waals surface area contributed by atoms with Crippen LogP contribution < -0.4 is 0 Å². The summed E-state index contributed by atoms with van der Waals surface area (Å²) in [4.78, 5) is 12.8. The molecule has 38 heavy (non-hydrogen) atoms. The van der Waals surface area contributed by atoms with Gasteiger partial charge < -0.3 is 4.74 Å². The highest BCUT2D eigenvalue weighted by molar-refractivity contribution is 9.10.